The maximum Gasteiger partial charge on any atom is 0.270 e. The number of aryl methyl sites for hydroxylation is 4. The lowest BCUT2D eigenvalue weighted by molar-refractivity contribution is -0.385. The number of nitro benzene ring substituents is 2. The number of aliphatic imine (C=N–C) groups is 2. The summed E-state index contributed by atoms with van der Waals surface area (Å²) >= 11 is 5.90. The molecule has 1 N–H and O–H groups in total. The van der Waals surface area contributed by atoms with Crippen molar-refractivity contribution >= 4 is 93.2 Å². The smallest absolute Gasteiger partial charge is 0.270 e. The van der Waals surface area contributed by atoms with Crippen molar-refractivity contribution in [1.29, 1.82) is 0 Å². The van der Waals surface area contributed by atoms with Crippen LogP contribution < -0.4 is 43.3 Å². The minimum atomic E-state index is -0.440. The summed E-state index contributed by atoms with van der Waals surface area (Å²) in [6.07, 6.45) is 9.99. The second-order valence-electron chi connectivity index (χ2n) is 28.2. The number of halogens is 1. The van der Waals surface area contributed by atoms with Crippen molar-refractivity contribution in [3.05, 3.63) is 291 Å². The molecule has 109 heavy (non-hydrogen) atoms. The average Bonchev–Trinajstić information content (AvgIpc) is 1.64. The normalized spacial score (nSPS) is 17.6. The van der Waals surface area contributed by atoms with Crippen molar-refractivity contribution in [3.63, 3.8) is 0 Å². The lowest BCUT2D eigenvalue weighted by atomic mass is 9.98. The fourth-order valence-corrected chi connectivity index (χ4v) is 16.4. The third kappa shape index (κ3) is 13.5. The standard InChI is InChI=1S/C43H36N4O7.C26H23ClN2O4.C17H14N2O3/c1-25-13-34-28(11-12-31-17-29-7-3-5-9-37(29)45(31)42(34)48)19-39(25)53-23-26-14-27(16-32(15-26)47(50)51)24-54-41-21-36-35(20-40(41)52-2)43(49)46-33(22-44-36)18-30-8-4-6-10-38(30)46;1-16-8-23-19(6-7-21-12-20-4-2-3-5-24(20)28(21)26(23)30)13-25(16)33-15-18-9-17(14-27)10-22(11-18)29(31)32;1-22-16-7-12-13(8-15(16)20)18-9-11-6-10-4-2-3-5-14(10)19(11)17(12)21/h3-10,13-16,19-22,31,33H,11-12,17-18,23-24H2,1-2H3;2-5,8-11,13,21H,6-7,12,14-15H2,1H3;2-5,7-9,11,20H,6H2,1H3/t31-,33+;21-;11-/m110/s1. The quantitative estimate of drug-likeness (QED) is 0.0603. The maximum atomic E-state index is 13.8. The van der Waals surface area contributed by atoms with Crippen LogP contribution in [-0.2, 0) is 64.2 Å². The number of hydrogen-bond acceptors (Lipinski definition) is 16. The highest BCUT2D eigenvalue weighted by Crippen LogP contribution is 2.46. The number of hydrogen-bond donors (Lipinski definition) is 1. The minimum absolute atomic E-state index is 0.00290. The van der Waals surface area contributed by atoms with Crippen LogP contribution in [0.4, 0.5) is 45.5 Å². The first kappa shape index (κ1) is 70.6. The van der Waals surface area contributed by atoms with E-state index in [1.807, 2.05) is 145 Å². The van der Waals surface area contributed by atoms with E-state index in [2.05, 4.69) is 22.1 Å². The van der Waals surface area contributed by atoms with E-state index < -0.39 is 9.85 Å². The number of para-hydroxylation sites is 4. The first-order chi connectivity index (χ1) is 52.9. The summed E-state index contributed by atoms with van der Waals surface area (Å²) in [7, 11) is 2.96. The molecule has 0 radical (unpaired) electrons. The van der Waals surface area contributed by atoms with Crippen LogP contribution in [0.5, 0.6) is 34.5 Å². The molecule has 0 aliphatic carbocycles. The molecule has 4 atom stereocenters. The topological polar surface area (TPSA) is 259 Å². The number of carbonyl (C=O) groups excluding carboxylic acids is 4. The van der Waals surface area contributed by atoms with E-state index >= 15 is 0 Å². The Hall–Kier alpha value is -12.7. The summed E-state index contributed by atoms with van der Waals surface area (Å²) in [5, 5.41) is 33.1. The SMILES string of the molecule is COc1cc2c(cc1O)N=C[C@@H]1Cc3ccccc3N1C2=O.COc1cc2c(cc1OCc1cc(COc3cc4c(cc3C)C(=O)N3c5ccccc5C[C@H]3CC4)cc([N+](=O)[O-])c1)N=C[C@@H]1Cc3ccccc3N1C2=O.Cc1cc2c(cc1OCc1cc(CCl)cc([N+](=O)[O-])c1)CC[C@@H]1Cc3ccccc3N1C2=O. The lowest BCUT2D eigenvalue weighted by Gasteiger charge is -2.23. The number of anilines is 4. The summed E-state index contributed by atoms with van der Waals surface area (Å²) in [4.78, 5) is 93.0. The zero-order valence-electron chi connectivity index (χ0n) is 60.0. The number of benzene rings is 10. The molecule has 0 spiro atoms. The molecule has 18 rings (SSSR count). The number of phenolic OH excluding ortho intramolecular Hbond substituents is 1. The Balaban J connectivity index is 0.000000139. The number of carbonyl (C=O) groups is 4. The van der Waals surface area contributed by atoms with Gasteiger partial charge in [-0.1, -0.05) is 78.9 Å². The number of non-ortho nitro benzene ring substituents is 2. The number of alkyl halides is 1. The molecule has 8 aliphatic heterocycles. The molecule has 23 heteroatoms. The van der Waals surface area contributed by atoms with Crippen LogP contribution in [-0.4, -0.2) is 89.4 Å². The van der Waals surface area contributed by atoms with Crippen LogP contribution in [0.15, 0.2) is 192 Å². The van der Waals surface area contributed by atoms with E-state index in [0.717, 1.165) is 107 Å². The van der Waals surface area contributed by atoms with Gasteiger partial charge in [0, 0.05) is 114 Å². The number of nitro groups is 2. The highest BCUT2D eigenvalue weighted by Gasteiger charge is 2.42. The molecule has 0 fully saturated rings. The van der Waals surface area contributed by atoms with Crippen LogP contribution in [0.1, 0.15) is 121 Å². The molecule has 0 unspecified atom stereocenters. The Morgan fingerprint density at radius 1 is 0.431 bits per heavy atom. The number of nitrogens with zero attached hydrogens (tertiary/aromatic N) is 8. The number of fused-ring (bicyclic) bond motifs is 16. The van der Waals surface area contributed by atoms with Crippen molar-refractivity contribution in [1.82, 2.24) is 0 Å². The van der Waals surface area contributed by atoms with Gasteiger partial charge in [0.25, 0.3) is 35.0 Å². The third-order valence-electron chi connectivity index (χ3n) is 21.4. The van der Waals surface area contributed by atoms with E-state index in [4.69, 9.17) is 35.3 Å². The van der Waals surface area contributed by atoms with Crippen molar-refractivity contribution in [3.8, 4) is 34.5 Å². The van der Waals surface area contributed by atoms with Crippen molar-refractivity contribution < 1.29 is 57.8 Å². The molecule has 0 aromatic heterocycles. The molecule has 0 saturated heterocycles. The van der Waals surface area contributed by atoms with Gasteiger partial charge >= 0.3 is 0 Å². The summed E-state index contributed by atoms with van der Waals surface area (Å²) < 4.78 is 29.3. The maximum absolute atomic E-state index is 13.8. The highest BCUT2D eigenvalue weighted by molar-refractivity contribution is 6.17. The van der Waals surface area contributed by atoms with E-state index in [1.165, 1.54) is 55.7 Å². The molecule has 4 amide bonds. The van der Waals surface area contributed by atoms with Crippen LogP contribution in [0, 0.1) is 34.1 Å². The number of phenols is 1. The predicted octanol–water partition coefficient (Wildman–Crippen LogP) is 16.3. The van der Waals surface area contributed by atoms with Crippen LogP contribution in [0.25, 0.3) is 0 Å². The molecule has 548 valence electrons. The molecule has 8 aliphatic rings. The Morgan fingerprint density at radius 2 is 0.807 bits per heavy atom. The first-order valence-corrected chi connectivity index (χ1v) is 36.6. The number of methoxy groups -OCH3 is 2. The van der Waals surface area contributed by atoms with E-state index in [0.29, 0.717) is 79.7 Å². The van der Waals surface area contributed by atoms with Crippen molar-refractivity contribution in [2.45, 2.75) is 115 Å². The predicted molar refractivity (Wildman–Crippen MR) is 415 cm³/mol. The first-order valence-electron chi connectivity index (χ1n) is 36.0. The van der Waals surface area contributed by atoms with Gasteiger partial charge in [-0.15, -0.1) is 11.6 Å². The van der Waals surface area contributed by atoms with Gasteiger partial charge in [0.2, 0.25) is 0 Å². The molecule has 0 saturated carbocycles. The summed E-state index contributed by atoms with van der Waals surface area (Å²) in [5.41, 5.74) is 17.6. The Labute approximate surface area is 632 Å². The van der Waals surface area contributed by atoms with Crippen LogP contribution >= 0.6 is 11.6 Å². The van der Waals surface area contributed by atoms with Gasteiger partial charge in [0.05, 0.1) is 58.7 Å². The molecule has 8 heterocycles. The van der Waals surface area contributed by atoms with E-state index in [-0.39, 0.29) is 96.4 Å². The largest absolute Gasteiger partial charge is 0.504 e. The highest BCUT2D eigenvalue weighted by atomic mass is 35.5. The van der Waals surface area contributed by atoms with Gasteiger partial charge in [0.1, 0.15) is 31.3 Å². The number of amides is 4. The van der Waals surface area contributed by atoms with Gasteiger partial charge in [0.15, 0.2) is 23.0 Å². The van der Waals surface area contributed by atoms with Gasteiger partial charge in [-0.25, -0.2) is 0 Å². The molecule has 10 aromatic rings. The second-order valence-corrected chi connectivity index (χ2v) is 28.5. The van der Waals surface area contributed by atoms with Gasteiger partial charge in [-0.2, -0.15) is 0 Å². The fraction of sp³-hybridized carbons (Fsp3) is 0.233. The van der Waals surface area contributed by atoms with Crippen LogP contribution in [0.2, 0.25) is 0 Å². The molecule has 22 nitrogen and oxygen atoms in total. The average molecular weight is 1480 g/mol. The van der Waals surface area contributed by atoms with E-state index in [9.17, 15) is 44.5 Å². The lowest BCUT2D eigenvalue weighted by Crippen LogP contribution is -2.37. The Kier molecular flexibility index (Phi) is 18.9. The summed E-state index contributed by atoms with van der Waals surface area (Å²) in [5.74, 6) is 2.20. The van der Waals surface area contributed by atoms with Crippen molar-refractivity contribution in [2.75, 3.05) is 33.8 Å². The summed E-state index contributed by atoms with van der Waals surface area (Å²) in [6, 6.07) is 55.6. The number of aromatic hydroxyl groups is 1. The van der Waals surface area contributed by atoms with Crippen LogP contribution in [0.3, 0.4) is 0 Å². The summed E-state index contributed by atoms with van der Waals surface area (Å²) in [6.45, 7) is 4.07. The molecular weight excluding hydrogens is 1400 g/mol. The Morgan fingerprint density at radius 3 is 1.24 bits per heavy atom. The monoisotopic (exact) mass is 1480 g/mol. The number of ether oxygens (including phenoxy) is 5. The fourth-order valence-electron chi connectivity index (χ4n) is 16.2. The van der Waals surface area contributed by atoms with E-state index in [1.54, 1.807) is 40.4 Å². The molecular formula is C86H73ClN8O14. The zero-order chi connectivity index (χ0) is 75.5. The van der Waals surface area contributed by atoms with Gasteiger partial charge < -0.3 is 38.6 Å². The third-order valence-corrected chi connectivity index (χ3v) is 21.8. The molecule has 0 bridgehead atoms. The van der Waals surface area contributed by atoms with Gasteiger partial charge in [-0.3, -0.25) is 59.2 Å². The number of rotatable bonds is 14. The second kappa shape index (κ2) is 29.2. The zero-order valence-corrected chi connectivity index (χ0v) is 60.7. The Bertz CT molecular complexity index is 5510. The minimum Gasteiger partial charge on any atom is -0.504 e. The van der Waals surface area contributed by atoms with Crippen molar-refractivity contribution in [2.24, 2.45) is 9.98 Å². The van der Waals surface area contributed by atoms with Gasteiger partial charge in [-0.05, 0) is 186 Å². The molecule has 10 aromatic carbocycles.